The summed E-state index contributed by atoms with van der Waals surface area (Å²) in [7, 11) is 0. The van der Waals surface area contributed by atoms with Gasteiger partial charge in [0.1, 0.15) is 5.82 Å². The summed E-state index contributed by atoms with van der Waals surface area (Å²) in [4.78, 5) is 15.9. The van der Waals surface area contributed by atoms with Crippen molar-refractivity contribution in [3.63, 3.8) is 0 Å². The minimum Gasteiger partial charge on any atom is -0.503 e. The summed E-state index contributed by atoms with van der Waals surface area (Å²) >= 11 is 1.75. The number of rotatable bonds is 5. The Labute approximate surface area is 200 Å². The topological polar surface area (TPSA) is 92.5 Å². The van der Waals surface area contributed by atoms with E-state index in [-0.39, 0.29) is 17.5 Å². The number of likely N-dealkylation sites (tertiary alicyclic amines) is 1. The van der Waals surface area contributed by atoms with Gasteiger partial charge in [-0.2, -0.15) is 5.10 Å². The van der Waals surface area contributed by atoms with E-state index in [4.69, 9.17) is 4.74 Å². The predicted octanol–water partition coefficient (Wildman–Crippen LogP) is 2.47. The standard InChI is InChI=1S/C24H26FN5O3S/c25-18-2-1-14-9-19(31)24(32)30-13-15(21(18)22(14)30)12-29-5-3-16(4-6-29)26-11-17-10-20-23(28-27-17)33-7-8-34-20/h1-2,9-10,15-16,26,31H,3-8,11-13H2. The Balaban J connectivity index is 1.07. The van der Waals surface area contributed by atoms with Crippen LogP contribution in [0.2, 0.25) is 0 Å². The summed E-state index contributed by atoms with van der Waals surface area (Å²) in [6, 6.07) is 6.95. The molecule has 10 heteroatoms. The molecule has 8 nitrogen and oxygen atoms in total. The van der Waals surface area contributed by atoms with Gasteiger partial charge in [0.05, 0.1) is 22.7 Å². The number of nitrogens with one attached hydrogen (secondary N) is 1. The molecule has 1 aromatic carbocycles. The number of benzene rings is 1. The van der Waals surface area contributed by atoms with Gasteiger partial charge >= 0.3 is 0 Å². The second-order valence-corrected chi connectivity index (χ2v) is 10.3. The number of hydrogen-bond acceptors (Lipinski definition) is 8. The quantitative estimate of drug-likeness (QED) is 0.572. The van der Waals surface area contributed by atoms with Gasteiger partial charge in [0.15, 0.2) is 5.75 Å². The summed E-state index contributed by atoms with van der Waals surface area (Å²) in [6.45, 7) is 4.25. The average Bonchev–Trinajstić information content (AvgIpc) is 3.24. The lowest BCUT2D eigenvalue weighted by molar-refractivity contribution is 0.184. The summed E-state index contributed by atoms with van der Waals surface area (Å²) < 4.78 is 21.8. The molecule has 34 heavy (non-hydrogen) atoms. The van der Waals surface area contributed by atoms with Gasteiger partial charge in [-0.3, -0.25) is 4.79 Å². The molecule has 1 saturated heterocycles. The van der Waals surface area contributed by atoms with Crippen molar-refractivity contribution in [2.75, 3.05) is 32.0 Å². The van der Waals surface area contributed by atoms with Crippen LogP contribution in [-0.4, -0.2) is 62.8 Å². The van der Waals surface area contributed by atoms with Gasteiger partial charge in [0.2, 0.25) is 5.88 Å². The molecule has 3 aliphatic rings. The van der Waals surface area contributed by atoms with E-state index in [1.165, 1.54) is 16.7 Å². The molecule has 178 valence electrons. The average molecular weight is 484 g/mol. The summed E-state index contributed by atoms with van der Waals surface area (Å²) in [5.41, 5.74) is 1.70. The molecule has 1 fully saturated rings. The van der Waals surface area contributed by atoms with Gasteiger partial charge in [0, 0.05) is 48.3 Å². The summed E-state index contributed by atoms with van der Waals surface area (Å²) in [5, 5.41) is 22.8. The highest BCUT2D eigenvalue weighted by Gasteiger charge is 2.32. The smallest absolute Gasteiger partial charge is 0.293 e. The zero-order chi connectivity index (χ0) is 23.2. The first kappa shape index (κ1) is 21.8. The van der Waals surface area contributed by atoms with Gasteiger partial charge in [0.25, 0.3) is 5.56 Å². The van der Waals surface area contributed by atoms with Crippen LogP contribution in [0.1, 0.15) is 30.0 Å². The van der Waals surface area contributed by atoms with Gasteiger partial charge in [-0.15, -0.1) is 16.9 Å². The first-order chi connectivity index (χ1) is 16.6. The van der Waals surface area contributed by atoms with E-state index in [1.54, 1.807) is 17.8 Å². The molecule has 3 aromatic rings. The largest absolute Gasteiger partial charge is 0.503 e. The highest BCUT2D eigenvalue weighted by atomic mass is 32.2. The summed E-state index contributed by atoms with van der Waals surface area (Å²) in [6.07, 6.45) is 1.98. The van der Waals surface area contributed by atoms with Crippen molar-refractivity contribution in [2.45, 2.75) is 42.8 Å². The molecular formula is C24H26FN5O3S. The van der Waals surface area contributed by atoms with Gasteiger partial charge in [-0.25, -0.2) is 4.39 Å². The fourth-order valence-corrected chi connectivity index (χ4v) is 6.18. The van der Waals surface area contributed by atoms with Crippen molar-refractivity contribution in [3.05, 3.63) is 51.7 Å². The number of aromatic nitrogens is 3. The van der Waals surface area contributed by atoms with Crippen molar-refractivity contribution in [1.82, 2.24) is 25.0 Å². The zero-order valence-electron chi connectivity index (χ0n) is 18.7. The normalized spacial score (nSPS) is 20.4. The Kier molecular flexibility index (Phi) is 5.66. The maximum atomic E-state index is 14.8. The third-order valence-electron chi connectivity index (χ3n) is 7.03. The fraction of sp³-hybridized carbons (Fsp3) is 0.458. The monoisotopic (exact) mass is 483 g/mol. The molecule has 2 aromatic heterocycles. The molecule has 5 heterocycles. The van der Waals surface area contributed by atoms with Crippen LogP contribution in [0.5, 0.6) is 11.6 Å². The Bertz CT molecular complexity index is 1310. The summed E-state index contributed by atoms with van der Waals surface area (Å²) in [5.74, 6) is 0.900. The predicted molar refractivity (Wildman–Crippen MR) is 127 cm³/mol. The molecule has 0 radical (unpaired) electrons. The minimum absolute atomic E-state index is 0.104. The molecule has 0 aliphatic carbocycles. The molecule has 1 unspecified atom stereocenters. The maximum Gasteiger partial charge on any atom is 0.293 e. The molecule has 6 rings (SSSR count). The van der Waals surface area contributed by atoms with Crippen LogP contribution in [-0.2, 0) is 13.1 Å². The molecule has 3 aliphatic heterocycles. The van der Waals surface area contributed by atoms with Crippen LogP contribution < -0.4 is 15.6 Å². The van der Waals surface area contributed by atoms with Crippen molar-refractivity contribution in [2.24, 2.45) is 0 Å². The molecule has 0 spiro atoms. The maximum absolute atomic E-state index is 14.8. The highest BCUT2D eigenvalue weighted by Crippen LogP contribution is 2.36. The lowest BCUT2D eigenvalue weighted by Gasteiger charge is -2.34. The van der Waals surface area contributed by atoms with Gasteiger partial charge < -0.3 is 24.6 Å². The Morgan fingerprint density at radius 3 is 2.94 bits per heavy atom. The van der Waals surface area contributed by atoms with E-state index >= 15 is 0 Å². The highest BCUT2D eigenvalue weighted by molar-refractivity contribution is 7.99. The second-order valence-electron chi connectivity index (χ2n) is 9.20. The van der Waals surface area contributed by atoms with Crippen LogP contribution in [0.4, 0.5) is 4.39 Å². The van der Waals surface area contributed by atoms with Gasteiger partial charge in [-0.05, 0) is 50.2 Å². The molecule has 0 saturated carbocycles. The van der Waals surface area contributed by atoms with Crippen LogP contribution in [0.15, 0.2) is 34.0 Å². The number of fused-ring (bicyclic) bond motifs is 1. The number of halogens is 1. The van der Waals surface area contributed by atoms with E-state index in [9.17, 15) is 14.3 Å². The number of nitrogens with zero attached hydrogens (tertiary/aromatic N) is 4. The van der Waals surface area contributed by atoms with Gasteiger partial charge in [-0.1, -0.05) is 0 Å². The molecule has 1 atom stereocenters. The van der Waals surface area contributed by atoms with E-state index in [0.717, 1.165) is 42.3 Å². The van der Waals surface area contributed by atoms with Crippen molar-refractivity contribution in [3.8, 4) is 11.6 Å². The van der Waals surface area contributed by atoms with Crippen LogP contribution >= 0.6 is 11.8 Å². The fourth-order valence-electron chi connectivity index (χ4n) is 5.35. The van der Waals surface area contributed by atoms with Crippen LogP contribution in [0.25, 0.3) is 10.9 Å². The van der Waals surface area contributed by atoms with E-state index in [1.807, 2.05) is 0 Å². The van der Waals surface area contributed by atoms with Crippen molar-refractivity contribution < 1.29 is 14.2 Å². The van der Waals surface area contributed by atoms with Crippen LogP contribution in [0, 0.1) is 5.82 Å². The number of piperidine rings is 1. The number of hydrogen-bond donors (Lipinski definition) is 2. The molecular weight excluding hydrogens is 457 g/mol. The third kappa shape index (κ3) is 3.93. The molecule has 0 amide bonds. The molecule has 2 N–H and O–H groups in total. The minimum atomic E-state index is -0.444. The van der Waals surface area contributed by atoms with Crippen LogP contribution in [0.3, 0.4) is 0 Å². The Morgan fingerprint density at radius 2 is 2.09 bits per heavy atom. The number of aromatic hydroxyl groups is 1. The van der Waals surface area contributed by atoms with Crippen molar-refractivity contribution in [1.29, 1.82) is 0 Å². The van der Waals surface area contributed by atoms with E-state index < -0.39 is 5.56 Å². The zero-order valence-corrected chi connectivity index (χ0v) is 19.5. The Hall–Kier alpha value is -2.69. The number of thioether (sulfide) groups is 1. The lowest BCUT2D eigenvalue weighted by atomic mass is 9.97. The second kappa shape index (κ2) is 8.83. The lowest BCUT2D eigenvalue weighted by Crippen LogP contribution is -2.43. The Morgan fingerprint density at radius 1 is 1.24 bits per heavy atom. The number of ether oxygens (including phenoxy) is 1. The first-order valence-electron chi connectivity index (χ1n) is 11.7. The molecule has 0 bridgehead atoms. The SMILES string of the molecule is O=c1c(O)cc2ccc(F)c3c2n1CC3CN1CCC(NCc2cc3c(nn2)OCCS3)CC1. The van der Waals surface area contributed by atoms with E-state index in [0.29, 0.717) is 54.6 Å². The van der Waals surface area contributed by atoms with Crippen molar-refractivity contribution >= 4 is 22.7 Å². The third-order valence-corrected chi connectivity index (χ3v) is 8.00. The van der Waals surface area contributed by atoms with E-state index in [2.05, 4.69) is 26.5 Å². The number of pyridine rings is 1. The first-order valence-corrected chi connectivity index (χ1v) is 12.7.